The van der Waals surface area contributed by atoms with E-state index in [1.807, 2.05) is 0 Å². The third-order valence-electron chi connectivity index (χ3n) is 4.13. The molecule has 0 aromatic carbocycles. The first-order chi connectivity index (χ1) is 13.8. The Hall–Kier alpha value is -1.36. The Bertz CT molecular complexity index is 913. The highest BCUT2D eigenvalue weighted by Crippen LogP contribution is 2.42. The number of fused-ring (bicyclic) bond motifs is 3. The number of ether oxygens (including phenoxy) is 3. The summed E-state index contributed by atoms with van der Waals surface area (Å²) in [6.07, 6.45) is 0.758. The van der Waals surface area contributed by atoms with Crippen molar-refractivity contribution in [2.75, 3.05) is 24.7 Å². The van der Waals surface area contributed by atoms with Crippen molar-refractivity contribution < 1.29 is 23.8 Å². The quantitative estimate of drug-likeness (QED) is 0.254. The van der Waals surface area contributed by atoms with Crippen LogP contribution in [-0.4, -0.2) is 52.2 Å². The molecule has 0 aliphatic carbocycles. The van der Waals surface area contributed by atoms with Crippen molar-refractivity contribution in [3.05, 3.63) is 10.4 Å². The Morgan fingerprint density at radius 2 is 1.76 bits per heavy atom. The molecule has 2 aromatic heterocycles. The van der Waals surface area contributed by atoms with Gasteiger partial charge in [-0.3, -0.25) is 9.59 Å². The van der Waals surface area contributed by atoms with Crippen LogP contribution in [0.1, 0.15) is 38.1 Å². The number of thiophene rings is 1. The molecule has 0 N–H and O–H groups in total. The molecule has 0 saturated carbocycles. The van der Waals surface area contributed by atoms with E-state index in [9.17, 15) is 9.59 Å². The molecule has 3 heterocycles. The number of carbonyl (C=O) groups is 2. The second kappa shape index (κ2) is 9.63. The van der Waals surface area contributed by atoms with Gasteiger partial charge in [0.15, 0.2) is 5.16 Å². The minimum atomic E-state index is -0.303. The summed E-state index contributed by atoms with van der Waals surface area (Å²) in [7, 11) is 0. The van der Waals surface area contributed by atoms with Gasteiger partial charge in [-0.25, -0.2) is 9.97 Å². The average Bonchev–Trinajstić information content (AvgIpc) is 3.01. The Balaban J connectivity index is 1.94. The maximum Gasteiger partial charge on any atom is 0.316 e. The Labute approximate surface area is 182 Å². The zero-order valence-electron chi connectivity index (χ0n) is 16.9. The molecule has 0 fully saturated rings. The van der Waals surface area contributed by atoms with Gasteiger partial charge in [0.1, 0.15) is 9.86 Å². The lowest BCUT2D eigenvalue weighted by atomic mass is 9.95. The second-order valence-electron chi connectivity index (χ2n) is 6.91. The summed E-state index contributed by atoms with van der Waals surface area (Å²) in [5, 5.41) is 2.22. The summed E-state index contributed by atoms with van der Waals surface area (Å²) >= 11 is 4.16. The van der Waals surface area contributed by atoms with Crippen molar-refractivity contribution in [2.24, 2.45) is 0 Å². The van der Waals surface area contributed by atoms with Gasteiger partial charge in [-0.2, -0.15) is 0 Å². The highest BCUT2D eigenvalue weighted by molar-refractivity contribution is 8.00. The molecule has 10 heteroatoms. The van der Waals surface area contributed by atoms with E-state index in [2.05, 4.69) is 23.8 Å². The molecule has 1 aliphatic heterocycles. The van der Waals surface area contributed by atoms with Gasteiger partial charge >= 0.3 is 11.9 Å². The number of carbonyl (C=O) groups excluding carboxylic acids is 2. The fourth-order valence-corrected chi connectivity index (χ4v) is 5.70. The lowest BCUT2D eigenvalue weighted by Crippen LogP contribution is -2.31. The Morgan fingerprint density at radius 3 is 2.41 bits per heavy atom. The molecule has 29 heavy (non-hydrogen) atoms. The van der Waals surface area contributed by atoms with E-state index in [-0.39, 0.29) is 29.0 Å². The van der Waals surface area contributed by atoms with Crippen molar-refractivity contribution in [2.45, 2.75) is 56.5 Å². The van der Waals surface area contributed by atoms with Crippen molar-refractivity contribution in [3.8, 4) is 0 Å². The van der Waals surface area contributed by atoms with E-state index in [0.29, 0.717) is 25.0 Å². The van der Waals surface area contributed by atoms with Crippen LogP contribution in [0.3, 0.4) is 0 Å². The molecule has 0 saturated heterocycles. The smallest absolute Gasteiger partial charge is 0.316 e. The number of thioether (sulfide) groups is 2. The van der Waals surface area contributed by atoms with Crippen LogP contribution in [0.25, 0.3) is 10.2 Å². The zero-order valence-corrected chi connectivity index (χ0v) is 19.4. The van der Waals surface area contributed by atoms with E-state index in [1.54, 1.807) is 25.2 Å². The van der Waals surface area contributed by atoms with E-state index in [1.165, 1.54) is 29.1 Å². The van der Waals surface area contributed by atoms with Crippen LogP contribution >= 0.6 is 34.9 Å². The summed E-state index contributed by atoms with van der Waals surface area (Å²) in [6, 6.07) is 0. The third-order valence-corrected chi connectivity index (χ3v) is 7.00. The van der Waals surface area contributed by atoms with Crippen LogP contribution in [0.4, 0.5) is 0 Å². The molecule has 0 amide bonds. The van der Waals surface area contributed by atoms with Gasteiger partial charge in [0.05, 0.1) is 36.9 Å². The fraction of sp³-hybridized carbons (Fsp3) is 0.579. The molecular weight excluding hydrogens is 432 g/mol. The summed E-state index contributed by atoms with van der Waals surface area (Å²) in [6.45, 7) is 8.91. The first-order valence-electron chi connectivity index (χ1n) is 9.36. The highest BCUT2D eigenvalue weighted by Gasteiger charge is 2.31. The van der Waals surface area contributed by atoms with Crippen LogP contribution < -0.4 is 0 Å². The minimum absolute atomic E-state index is 0.141. The molecule has 0 atom stereocenters. The number of hydrogen-bond acceptors (Lipinski definition) is 10. The van der Waals surface area contributed by atoms with E-state index < -0.39 is 0 Å². The molecule has 0 bridgehead atoms. The zero-order chi connectivity index (χ0) is 21.0. The van der Waals surface area contributed by atoms with E-state index >= 15 is 0 Å². The maximum atomic E-state index is 11.9. The number of esters is 2. The number of aromatic nitrogens is 2. The molecule has 0 radical (unpaired) electrons. The SMILES string of the molecule is CCOC(=O)CSc1nc(SCC(=O)OCC)c2c3c(sc2n1)COC(C)(C)C3. The highest BCUT2D eigenvalue weighted by atomic mass is 32.2. The monoisotopic (exact) mass is 456 g/mol. The van der Waals surface area contributed by atoms with E-state index in [0.717, 1.165) is 26.5 Å². The van der Waals surface area contributed by atoms with Crippen molar-refractivity contribution in [1.82, 2.24) is 9.97 Å². The predicted molar refractivity (Wildman–Crippen MR) is 115 cm³/mol. The standard InChI is InChI=1S/C19H24N2O5S3/c1-5-24-13(22)9-27-16-15-11-7-19(3,4)26-8-12(11)29-17(15)21-18(20-16)28-10-14(23)25-6-2/h5-10H2,1-4H3. The number of rotatable bonds is 8. The van der Waals surface area contributed by atoms with Crippen LogP contribution in [0.15, 0.2) is 10.2 Å². The minimum Gasteiger partial charge on any atom is -0.465 e. The predicted octanol–water partition coefficient (Wildman–Crippen LogP) is 3.85. The molecule has 3 rings (SSSR count). The maximum absolute atomic E-state index is 11.9. The summed E-state index contributed by atoms with van der Waals surface area (Å²) in [5.74, 6) is -0.269. The van der Waals surface area contributed by atoms with Gasteiger partial charge in [-0.1, -0.05) is 23.5 Å². The van der Waals surface area contributed by atoms with Gasteiger partial charge in [-0.05, 0) is 33.3 Å². The first kappa shape index (κ1) is 22.3. The normalized spacial score (nSPS) is 15.2. The molecule has 7 nitrogen and oxygen atoms in total. The molecule has 2 aromatic rings. The average molecular weight is 457 g/mol. The molecule has 0 spiro atoms. The van der Waals surface area contributed by atoms with Crippen LogP contribution in [0.2, 0.25) is 0 Å². The van der Waals surface area contributed by atoms with Gasteiger partial charge in [0.2, 0.25) is 0 Å². The van der Waals surface area contributed by atoms with Crippen LogP contribution in [-0.2, 0) is 36.8 Å². The van der Waals surface area contributed by atoms with Crippen molar-refractivity contribution in [1.29, 1.82) is 0 Å². The van der Waals surface area contributed by atoms with Gasteiger partial charge in [0.25, 0.3) is 0 Å². The van der Waals surface area contributed by atoms with Crippen LogP contribution in [0.5, 0.6) is 0 Å². The lowest BCUT2D eigenvalue weighted by Gasteiger charge is -2.30. The first-order valence-corrected chi connectivity index (χ1v) is 12.1. The topological polar surface area (TPSA) is 87.6 Å². The van der Waals surface area contributed by atoms with Crippen molar-refractivity contribution >= 4 is 57.0 Å². The third kappa shape index (κ3) is 5.62. The van der Waals surface area contributed by atoms with Gasteiger partial charge in [-0.15, -0.1) is 11.3 Å². The molecule has 158 valence electrons. The second-order valence-corrected chi connectivity index (χ2v) is 9.90. The number of nitrogens with zero attached hydrogens (tertiary/aromatic N) is 2. The van der Waals surface area contributed by atoms with Crippen molar-refractivity contribution in [3.63, 3.8) is 0 Å². The fourth-order valence-electron chi connectivity index (χ4n) is 2.92. The number of hydrogen-bond donors (Lipinski definition) is 0. The Morgan fingerprint density at radius 1 is 1.10 bits per heavy atom. The lowest BCUT2D eigenvalue weighted by molar-refractivity contribution is -0.140. The molecular formula is C19H24N2O5S3. The summed E-state index contributed by atoms with van der Waals surface area (Å²) < 4.78 is 16.0. The Kier molecular flexibility index (Phi) is 7.42. The summed E-state index contributed by atoms with van der Waals surface area (Å²) in [4.78, 5) is 34.9. The van der Waals surface area contributed by atoms with Gasteiger partial charge < -0.3 is 14.2 Å². The van der Waals surface area contributed by atoms with Crippen LogP contribution in [0, 0.1) is 0 Å². The largest absolute Gasteiger partial charge is 0.465 e. The van der Waals surface area contributed by atoms with E-state index in [4.69, 9.17) is 14.2 Å². The summed E-state index contributed by atoms with van der Waals surface area (Å²) in [5.41, 5.74) is 0.927. The van der Waals surface area contributed by atoms with Gasteiger partial charge in [0, 0.05) is 16.7 Å². The molecule has 1 aliphatic rings. The molecule has 0 unspecified atom stereocenters.